The Kier molecular flexibility index (Phi) is 4.53. The second-order valence-corrected chi connectivity index (χ2v) is 7.21. The number of fused-ring (bicyclic) bond motifs is 1. The highest BCUT2D eigenvalue weighted by atomic mass is 32.2. The number of nitrogens with zero attached hydrogens (tertiary/aromatic N) is 1. The van der Waals surface area contributed by atoms with Crippen molar-refractivity contribution in [2.24, 2.45) is 16.6 Å². The number of nitrogens with two attached hydrogens (primary N) is 1. The zero-order valence-corrected chi connectivity index (χ0v) is 13.2. The molecule has 0 radical (unpaired) electrons. The number of amidine groups is 1. The van der Waals surface area contributed by atoms with Crippen LogP contribution in [0.5, 0.6) is 0 Å². The second kappa shape index (κ2) is 6.00. The lowest BCUT2D eigenvalue weighted by Gasteiger charge is -2.23. The van der Waals surface area contributed by atoms with Gasteiger partial charge in [-0.25, -0.2) is 0 Å². The average Bonchev–Trinajstić information content (AvgIpc) is 2.96. The normalized spacial score (nSPS) is 24.2. The van der Waals surface area contributed by atoms with E-state index in [1.807, 2.05) is 20.8 Å². The maximum absolute atomic E-state index is 11.3. The fraction of sp³-hybridized carbons (Fsp3) is 0.500. The molecule has 2 aliphatic rings. The van der Waals surface area contributed by atoms with Gasteiger partial charge in [0.05, 0.1) is 0 Å². The van der Waals surface area contributed by atoms with Crippen molar-refractivity contribution >= 4 is 22.8 Å². The molecule has 1 unspecified atom stereocenters. The summed E-state index contributed by atoms with van der Waals surface area (Å²) in [4.78, 5) is 14.9. The Morgan fingerprint density at radius 3 is 2.15 bits per heavy atom. The number of aliphatic imine (C=N–C) groups is 1. The number of hydrogen-bond acceptors (Lipinski definition) is 3. The van der Waals surface area contributed by atoms with Crippen molar-refractivity contribution in [2.75, 3.05) is 0 Å². The number of aryl methyl sites for hydroxylation is 2. The number of amides is 1. The zero-order chi connectivity index (χ0) is 14.8. The second-order valence-electron chi connectivity index (χ2n) is 5.74. The van der Waals surface area contributed by atoms with Crippen LogP contribution in [-0.2, 0) is 17.6 Å². The molecule has 108 valence electrons. The van der Waals surface area contributed by atoms with Gasteiger partial charge in [0.25, 0.3) is 5.91 Å². The molecule has 0 bridgehead atoms. The molecule has 1 atom stereocenters. The molecule has 1 amide bonds. The smallest absolute Gasteiger partial charge is 0.264 e. The summed E-state index contributed by atoms with van der Waals surface area (Å²) in [7, 11) is 0. The largest absolute Gasteiger partial charge is 0.378 e. The van der Waals surface area contributed by atoms with Crippen molar-refractivity contribution in [1.29, 1.82) is 0 Å². The molecule has 1 aliphatic heterocycles. The molecular formula is C16H22N2OS. The topological polar surface area (TPSA) is 55.4 Å². The van der Waals surface area contributed by atoms with Crippen molar-refractivity contribution in [3.63, 3.8) is 0 Å². The number of hydrogen-bond donors (Lipinski definition) is 1. The molecule has 0 saturated carbocycles. The minimum atomic E-state index is -0.427. The Morgan fingerprint density at radius 1 is 1.25 bits per heavy atom. The van der Waals surface area contributed by atoms with Gasteiger partial charge in [-0.3, -0.25) is 4.79 Å². The SMILES string of the molecule is CC(C)C1(C)SC(N)=NC1=O.c1ccc2c(c1)CCC2. The highest BCUT2D eigenvalue weighted by Gasteiger charge is 2.42. The summed E-state index contributed by atoms with van der Waals surface area (Å²) in [6.45, 7) is 5.88. The Morgan fingerprint density at radius 2 is 1.80 bits per heavy atom. The van der Waals surface area contributed by atoms with Crippen LogP contribution in [0.1, 0.15) is 38.3 Å². The highest BCUT2D eigenvalue weighted by Crippen LogP contribution is 2.38. The molecule has 3 rings (SSSR count). The van der Waals surface area contributed by atoms with Crippen LogP contribution >= 0.6 is 11.8 Å². The van der Waals surface area contributed by atoms with Crippen molar-refractivity contribution in [1.82, 2.24) is 0 Å². The lowest BCUT2D eigenvalue weighted by atomic mass is 9.96. The minimum absolute atomic E-state index is 0.102. The number of thioether (sulfide) groups is 1. The van der Waals surface area contributed by atoms with Gasteiger partial charge in [0.2, 0.25) is 0 Å². The van der Waals surface area contributed by atoms with Crippen molar-refractivity contribution < 1.29 is 4.79 Å². The summed E-state index contributed by atoms with van der Waals surface area (Å²) in [5.41, 5.74) is 8.56. The Balaban J connectivity index is 0.000000149. The first kappa shape index (κ1) is 15.1. The molecule has 1 aromatic rings. The van der Waals surface area contributed by atoms with E-state index >= 15 is 0 Å². The molecule has 1 heterocycles. The van der Waals surface area contributed by atoms with Crippen molar-refractivity contribution in [3.8, 4) is 0 Å². The van der Waals surface area contributed by atoms with E-state index in [1.54, 1.807) is 11.1 Å². The number of carbonyl (C=O) groups is 1. The lowest BCUT2D eigenvalue weighted by molar-refractivity contribution is -0.120. The summed E-state index contributed by atoms with van der Waals surface area (Å²) in [6, 6.07) is 8.74. The lowest BCUT2D eigenvalue weighted by Crippen LogP contribution is -2.33. The van der Waals surface area contributed by atoms with E-state index in [0.29, 0.717) is 5.17 Å². The van der Waals surface area contributed by atoms with Crippen LogP contribution in [-0.4, -0.2) is 15.8 Å². The maximum atomic E-state index is 11.3. The number of benzene rings is 1. The van der Waals surface area contributed by atoms with E-state index in [1.165, 1.54) is 31.0 Å². The fourth-order valence-corrected chi connectivity index (χ4v) is 3.31. The summed E-state index contributed by atoms with van der Waals surface area (Å²) in [6.07, 6.45) is 3.96. The van der Waals surface area contributed by atoms with Gasteiger partial charge >= 0.3 is 0 Å². The molecule has 0 fully saturated rings. The summed E-state index contributed by atoms with van der Waals surface area (Å²) < 4.78 is -0.427. The first-order valence-corrected chi connectivity index (χ1v) is 7.89. The Labute approximate surface area is 125 Å². The molecule has 0 spiro atoms. The van der Waals surface area contributed by atoms with Crippen LogP contribution in [0.4, 0.5) is 0 Å². The third-order valence-electron chi connectivity index (χ3n) is 4.07. The predicted molar refractivity (Wildman–Crippen MR) is 85.9 cm³/mol. The Hall–Kier alpha value is -1.29. The van der Waals surface area contributed by atoms with Gasteiger partial charge in [0.1, 0.15) is 4.75 Å². The molecule has 0 saturated heterocycles. The van der Waals surface area contributed by atoms with E-state index in [2.05, 4.69) is 29.3 Å². The third kappa shape index (κ3) is 3.06. The summed E-state index contributed by atoms with van der Waals surface area (Å²) in [5, 5.41) is 0.395. The highest BCUT2D eigenvalue weighted by molar-refractivity contribution is 8.16. The van der Waals surface area contributed by atoms with Crippen LogP contribution in [0.2, 0.25) is 0 Å². The van der Waals surface area contributed by atoms with Gasteiger partial charge in [-0.2, -0.15) is 4.99 Å². The van der Waals surface area contributed by atoms with Gasteiger partial charge in [0.15, 0.2) is 5.17 Å². The average molecular weight is 290 g/mol. The molecule has 2 N–H and O–H groups in total. The van der Waals surface area contributed by atoms with Gasteiger partial charge in [0, 0.05) is 0 Å². The maximum Gasteiger partial charge on any atom is 0.264 e. The van der Waals surface area contributed by atoms with Crippen molar-refractivity contribution in [2.45, 2.75) is 44.8 Å². The summed E-state index contributed by atoms with van der Waals surface area (Å²) in [5.74, 6) is 0.166. The molecule has 4 heteroatoms. The molecule has 3 nitrogen and oxygen atoms in total. The third-order valence-corrected chi connectivity index (χ3v) is 5.44. The number of rotatable bonds is 1. The summed E-state index contributed by atoms with van der Waals surface area (Å²) >= 11 is 1.36. The predicted octanol–water partition coefficient (Wildman–Crippen LogP) is 3.16. The van der Waals surface area contributed by atoms with Crippen molar-refractivity contribution in [3.05, 3.63) is 35.4 Å². The minimum Gasteiger partial charge on any atom is -0.378 e. The van der Waals surface area contributed by atoms with Crippen LogP contribution in [0.25, 0.3) is 0 Å². The van der Waals surface area contributed by atoms with Gasteiger partial charge in [-0.05, 0) is 43.2 Å². The van der Waals surface area contributed by atoms with Gasteiger partial charge < -0.3 is 5.73 Å². The van der Waals surface area contributed by atoms with Crippen LogP contribution in [0.15, 0.2) is 29.3 Å². The quantitative estimate of drug-likeness (QED) is 0.864. The van der Waals surface area contributed by atoms with Gasteiger partial charge in [-0.1, -0.05) is 49.9 Å². The van der Waals surface area contributed by atoms with Crippen LogP contribution < -0.4 is 5.73 Å². The van der Waals surface area contributed by atoms with Crippen LogP contribution in [0, 0.1) is 5.92 Å². The van der Waals surface area contributed by atoms with E-state index in [4.69, 9.17) is 5.73 Å². The molecule has 20 heavy (non-hydrogen) atoms. The van der Waals surface area contributed by atoms with E-state index < -0.39 is 4.75 Å². The first-order valence-electron chi connectivity index (χ1n) is 7.08. The molecule has 1 aliphatic carbocycles. The number of carbonyl (C=O) groups excluding carboxylic acids is 1. The zero-order valence-electron chi connectivity index (χ0n) is 12.3. The van der Waals surface area contributed by atoms with E-state index in [-0.39, 0.29) is 11.8 Å². The van der Waals surface area contributed by atoms with E-state index in [0.717, 1.165) is 0 Å². The van der Waals surface area contributed by atoms with Gasteiger partial charge in [-0.15, -0.1) is 0 Å². The monoisotopic (exact) mass is 290 g/mol. The standard InChI is InChI=1S/C9H10.C7H12N2OS/c1-2-5-9-7-3-6-8(9)4-1;1-4(2)7(3)5(10)9-6(8)11-7/h1-2,4-5H,3,6-7H2;4H,1-3H3,(H2,8,9,10). The molecule has 1 aromatic carbocycles. The van der Waals surface area contributed by atoms with Crippen LogP contribution in [0.3, 0.4) is 0 Å². The molecular weight excluding hydrogens is 268 g/mol. The van der Waals surface area contributed by atoms with E-state index in [9.17, 15) is 4.79 Å². The first-order chi connectivity index (χ1) is 9.43. The fourth-order valence-electron chi connectivity index (χ4n) is 2.37. The molecule has 0 aromatic heterocycles. The Bertz CT molecular complexity index is 516.